The lowest BCUT2D eigenvalue weighted by atomic mass is 10.2. The van der Waals surface area contributed by atoms with E-state index in [4.69, 9.17) is 5.53 Å². The summed E-state index contributed by atoms with van der Waals surface area (Å²) in [5.41, 5.74) is 7.07. The van der Waals surface area contributed by atoms with E-state index in [0.717, 1.165) is 18.3 Å². The Balaban J connectivity index is 2.42. The predicted molar refractivity (Wildman–Crippen MR) is 64.8 cm³/mol. The average Bonchev–Trinajstić information content (AvgIpc) is 2.41. The smallest absolute Gasteiger partial charge is 0.352 e. The first kappa shape index (κ1) is 15.8. The summed E-state index contributed by atoms with van der Waals surface area (Å²) >= 11 is 0. The minimum Gasteiger partial charge on any atom is -0.352 e. The molecule has 0 radical (unpaired) electrons. The Bertz CT molecular complexity index is 494. The first-order valence-electron chi connectivity index (χ1n) is 5.77. The van der Waals surface area contributed by atoms with E-state index in [9.17, 15) is 18.0 Å². The lowest BCUT2D eigenvalue weighted by Gasteiger charge is -2.07. The second-order valence-electron chi connectivity index (χ2n) is 3.85. The number of azide groups is 1. The monoisotopic (exact) mass is 287 g/mol. The number of nitrogens with one attached hydrogen (secondary N) is 1. The Labute approximate surface area is 112 Å². The molecule has 20 heavy (non-hydrogen) atoms. The molecule has 0 atom stereocenters. The molecule has 9 heteroatoms. The molecule has 0 aromatic carbocycles. The molecule has 1 aromatic rings. The van der Waals surface area contributed by atoms with Crippen molar-refractivity contribution in [3.63, 3.8) is 0 Å². The quantitative estimate of drug-likeness (QED) is 0.377. The summed E-state index contributed by atoms with van der Waals surface area (Å²) in [5, 5.41) is 5.87. The maximum atomic E-state index is 12.3. The molecule has 0 unspecified atom stereocenters. The zero-order chi connectivity index (χ0) is 15.0. The van der Waals surface area contributed by atoms with Crippen molar-refractivity contribution in [1.82, 2.24) is 10.3 Å². The van der Waals surface area contributed by atoms with E-state index in [2.05, 4.69) is 20.3 Å². The Hall–Kier alpha value is -2.28. The van der Waals surface area contributed by atoms with Crippen LogP contribution in [0.4, 0.5) is 13.2 Å². The number of alkyl halides is 3. The molecule has 1 amide bonds. The van der Waals surface area contributed by atoms with Crippen LogP contribution in [-0.4, -0.2) is 24.0 Å². The fourth-order valence-corrected chi connectivity index (χ4v) is 1.35. The van der Waals surface area contributed by atoms with Crippen LogP contribution < -0.4 is 5.32 Å². The van der Waals surface area contributed by atoms with E-state index < -0.39 is 17.8 Å². The standard InChI is InChI=1S/C11H12F3N5O/c12-11(13,14)9-4-3-8(7-17-9)10(20)16-5-1-2-6-18-19-15/h3-4,7H,1-2,5-6H2,(H,16,20). The molecule has 0 aliphatic rings. The summed E-state index contributed by atoms with van der Waals surface area (Å²) in [6, 6.07) is 1.83. The number of rotatable bonds is 6. The summed E-state index contributed by atoms with van der Waals surface area (Å²) in [4.78, 5) is 17.4. The van der Waals surface area contributed by atoms with Crippen LogP contribution in [0.5, 0.6) is 0 Å². The highest BCUT2D eigenvalue weighted by molar-refractivity contribution is 5.93. The third-order valence-electron chi connectivity index (χ3n) is 2.35. The largest absolute Gasteiger partial charge is 0.433 e. The molecule has 6 nitrogen and oxygen atoms in total. The average molecular weight is 287 g/mol. The number of amides is 1. The fraction of sp³-hybridized carbons (Fsp3) is 0.455. The van der Waals surface area contributed by atoms with Gasteiger partial charge in [0, 0.05) is 24.2 Å². The van der Waals surface area contributed by atoms with Gasteiger partial charge in [0.25, 0.3) is 5.91 Å². The SMILES string of the molecule is [N-]=[N+]=NCCCCNC(=O)c1ccc(C(F)(F)F)nc1. The summed E-state index contributed by atoms with van der Waals surface area (Å²) in [6.07, 6.45) is -2.40. The first-order valence-corrected chi connectivity index (χ1v) is 5.77. The van der Waals surface area contributed by atoms with Crippen molar-refractivity contribution in [2.45, 2.75) is 19.0 Å². The number of carbonyl (C=O) groups is 1. The summed E-state index contributed by atoms with van der Waals surface area (Å²) in [6.45, 7) is 0.689. The van der Waals surface area contributed by atoms with Crippen molar-refractivity contribution in [2.75, 3.05) is 13.1 Å². The minimum atomic E-state index is -4.52. The number of halogens is 3. The molecular formula is C11H12F3N5O. The van der Waals surface area contributed by atoms with E-state index in [-0.39, 0.29) is 5.56 Å². The molecule has 0 spiro atoms. The Morgan fingerprint density at radius 3 is 2.70 bits per heavy atom. The van der Waals surface area contributed by atoms with Gasteiger partial charge in [0.1, 0.15) is 5.69 Å². The van der Waals surface area contributed by atoms with Gasteiger partial charge in [-0.15, -0.1) is 0 Å². The lowest BCUT2D eigenvalue weighted by molar-refractivity contribution is -0.141. The maximum Gasteiger partial charge on any atom is 0.433 e. The van der Waals surface area contributed by atoms with Crippen molar-refractivity contribution in [3.8, 4) is 0 Å². The van der Waals surface area contributed by atoms with Crippen molar-refractivity contribution in [2.24, 2.45) is 5.11 Å². The van der Waals surface area contributed by atoms with E-state index >= 15 is 0 Å². The Morgan fingerprint density at radius 1 is 1.40 bits per heavy atom. The van der Waals surface area contributed by atoms with Gasteiger partial charge in [0.05, 0.1) is 5.56 Å². The van der Waals surface area contributed by atoms with E-state index in [1.54, 1.807) is 0 Å². The zero-order valence-corrected chi connectivity index (χ0v) is 10.4. The summed E-state index contributed by atoms with van der Waals surface area (Å²) in [7, 11) is 0. The molecule has 0 saturated heterocycles. The minimum absolute atomic E-state index is 0.0630. The van der Waals surface area contributed by atoms with Gasteiger partial charge in [-0.1, -0.05) is 5.11 Å². The molecule has 0 aliphatic heterocycles. The van der Waals surface area contributed by atoms with Gasteiger partial charge in [-0.25, -0.2) is 0 Å². The highest BCUT2D eigenvalue weighted by Crippen LogP contribution is 2.27. The second kappa shape index (κ2) is 7.34. The maximum absolute atomic E-state index is 12.3. The van der Waals surface area contributed by atoms with Crippen molar-refractivity contribution in [3.05, 3.63) is 40.0 Å². The number of unbranched alkanes of at least 4 members (excludes halogenated alkanes) is 1. The van der Waals surface area contributed by atoms with Crippen molar-refractivity contribution in [1.29, 1.82) is 0 Å². The van der Waals surface area contributed by atoms with Crippen LogP contribution in [0.3, 0.4) is 0 Å². The molecule has 1 N–H and O–H groups in total. The van der Waals surface area contributed by atoms with Gasteiger partial charge >= 0.3 is 6.18 Å². The Morgan fingerprint density at radius 2 is 2.15 bits per heavy atom. The van der Waals surface area contributed by atoms with Gasteiger partial charge in [0.2, 0.25) is 0 Å². The molecule has 1 aromatic heterocycles. The van der Waals surface area contributed by atoms with Gasteiger partial charge in [-0.2, -0.15) is 13.2 Å². The van der Waals surface area contributed by atoms with Crippen LogP contribution in [0.2, 0.25) is 0 Å². The first-order chi connectivity index (χ1) is 9.45. The number of hydrogen-bond acceptors (Lipinski definition) is 3. The van der Waals surface area contributed by atoms with Crippen LogP contribution in [0.15, 0.2) is 23.4 Å². The molecular weight excluding hydrogens is 275 g/mol. The highest BCUT2D eigenvalue weighted by Gasteiger charge is 2.32. The third kappa shape index (κ3) is 5.15. The lowest BCUT2D eigenvalue weighted by Crippen LogP contribution is -2.25. The molecule has 1 rings (SSSR count). The van der Waals surface area contributed by atoms with Gasteiger partial charge in [-0.05, 0) is 30.5 Å². The summed E-state index contributed by atoms with van der Waals surface area (Å²) < 4.78 is 36.8. The molecule has 0 saturated carbocycles. The van der Waals surface area contributed by atoms with Crippen LogP contribution in [0.1, 0.15) is 28.9 Å². The summed E-state index contributed by atoms with van der Waals surface area (Å²) in [5.74, 6) is -0.491. The van der Waals surface area contributed by atoms with Crippen molar-refractivity contribution >= 4 is 5.91 Å². The predicted octanol–water partition coefficient (Wildman–Crippen LogP) is 2.92. The van der Waals surface area contributed by atoms with Crippen LogP contribution >= 0.6 is 0 Å². The molecule has 0 aliphatic carbocycles. The van der Waals surface area contributed by atoms with E-state index in [1.807, 2.05) is 0 Å². The molecule has 0 fully saturated rings. The van der Waals surface area contributed by atoms with Gasteiger partial charge < -0.3 is 5.32 Å². The van der Waals surface area contributed by atoms with Gasteiger partial charge in [0.15, 0.2) is 0 Å². The second-order valence-corrected chi connectivity index (χ2v) is 3.85. The molecule has 108 valence electrons. The number of pyridine rings is 1. The number of carbonyl (C=O) groups excluding carboxylic acids is 1. The zero-order valence-electron chi connectivity index (χ0n) is 10.4. The highest BCUT2D eigenvalue weighted by atomic mass is 19.4. The normalized spacial score (nSPS) is 10.8. The van der Waals surface area contributed by atoms with E-state index in [0.29, 0.717) is 25.9 Å². The number of hydrogen-bond donors (Lipinski definition) is 1. The fourth-order valence-electron chi connectivity index (χ4n) is 1.35. The topological polar surface area (TPSA) is 90.8 Å². The molecule has 0 bridgehead atoms. The van der Waals surface area contributed by atoms with Gasteiger partial charge in [-0.3, -0.25) is 9.78 Å². The molecule has 1 heterocycles. The Kier molecular flexibility index (Phi) is 5.79. The number of nitrogens with zero attached hydrogens (tertiary/aromatic N) is 4. The van der Waals surface area contributed by atoms with Crippen molar-refractivity contribution < 1.29 is 18.0 Å². The van der Waals surface area contributed by atoms with Crippen LogP contribution in [0.25, 0.3) is 10.4 Å². The number of aromatic nitrogens is 1. The van der Waals surface area contributed by atoms with Crippen LogP contribution in [0, 0.1) is 0 Å². The van der Waals surface area contributed by atoms with Crippen LogP contribution in [-0.2, 0) is 6.18 Å². The third-order valence-corrected chi connectivity index (χ3v) is 2.35. The van der Waals surface area contributed by atoms with E-state index in [1.165, 1.54) is 0 Å².